The molecule has 1 atom stereocenters. The summed E-state index contributed by atoms with van der Waals surface area (Å²) in [4.78, 5) is 12.4. The Morgan fingerprint density at radius 2 is 1.78 bits per heavy atom. The molecular formula is C23H19ClFN3O3S. The number of hydrogen-bond donors (Lipinski definition) is 1. The summed E-state index contributed by atoms with van der Waals surface area (Å²) in [5, 5.41) is 5.71. The molecular weight excluding hydrogens is 453 g/mol. The van der Waals surface area contributed by atoms with E-state index in [9.17, 15) is 17.6 Å². The number of para-hydroxylation sites is 1. The van der Waals surface area contributed by atoms with Gasteiger partial charge in [0.15, 0.2) is 0 Å². The number of amides is 1. The Kier molecular flexibility index (Phi) is 5.99. The van der Waals surface area contributed by atoms with Crippen LogP contribution in [0.1, 0.15) is 30.5 Å². The van der Waals surface area contributed by atoms with Crippen molar-refractivity contribution < 1.29 is 17.6 Å². The highest BCUT2D eigenvalue weighted by Crippen LogP contribution is 2.35. The van der Waals surface area contributed by atoms with Crippen LogP contribution < -0.4 is 4.72 Å². The van der Waals surface area contributed by atoms with Crippen molar-refractivity contribution in [1.82, 2.24) is 5.01 Å². The summed E-state index contributed by atoms with van der Waals surface area (Å²) in [7, 11) is -3.82. The molecule has 1 N–H and O–H groups in total. The first-order valence-electron chi connectivity index (χ1n) is 9.76. The molecule has 1 aliphatic rings. The molecule has 0 aromatic heterocycles. The SMILES string of the molecule is CC(=O)N1N=C(c2ccccc2NS(=O)(=O)c2ccccc2)C[C@@H]1c1ccc(Cl)c(F)c1. The van der Waals surface area contributed by atoms with Gasteiger partial charge in [-0.25, -0.2) is 17.8 Å². The molecule has 4 rings (SSSR count). The Bertz CT molecular complexity index is 1310. The maximum Gasteiger partial charge on any atom is 0.261 e. The number of nitrogens with zero attached hydrogens (tertiary/aromatic N) is 2. The Hall–Kier alpha value is -3.23. The smallest absolute Gasteiger partial charge is 0.261 e. The summed E-state index contributed by atoms with van der Waals surface area (Å²) >= 11 is 5.79. The number of carbonyl (C=O) groups is 1. The lowest BCUT2D eigenvalue weighted by molar-refractivity contribution is -0.130. The third-order valence-electron chi connectivity index (χ3n) is 5.10. The summed E-state index contributed by atoms with van der Waals surface area (Å²) in [6.45, 7) is 1.37. The lowest BCUT2D eigenvalue weighted by atomic mass is 9.97. The van der Waals surface area contributed by atoms with E-state index >= 15 is 0 Å². The normalized spacial score (nSPS) is 16.0. The Morgan fingerprint density at radius 1 is 1.09 bits per heavy atom. The number of carbonyl (C=O) groups excluding carboxylic acids is 1. The van der Waals surface area contributed by atoms with E-state index in [1.54, 1.807) is 48.5 Å². The second-order valence-corrected chi connectivity index (χ2v) is 9.36. The second-order valence-electron chi connectivity index (χ2n) is 7.27. The highest BCUT2D eigenvalue weighted by molar-refractivity contribution is 7.92. The summed E-state index contributed by atoms with van der Waals surface area (Å²) in [6, 6.07) is 18.7. The molecule has 0 saturated carbocycles. The van der Waals surface area contributed by atoms with E-state index in [0.717, 1.165) is 0 Å². The quantitative estimate of drug-likeness (QED) is 0.570. The summed E-state index contributed by atoms with van der Waals surface area (Å²) in [5.41, 5.74) is 1.92. The molecule has 0 aliphatic carbocycles. The van der Waals surface area contributed by atoms with E-state index in [-0.39, 0.29) is 22.2 Å². The van der Waals surface area contributed by atoms with Crippen molar-refractivity contribution in [2.75, 3.05) is 4.72 Å². The van der Waals surface area contributed by atoms with Gasteiger partial charge < -0.3 is 0 Å². The highest BCUT2D eigenvalue weighted by atomic mass is 35.5. The van der Waals surface area contributed by atoms with E-state index in [4.69, 9.17) is 11.6 Å². The summed E-state index contributed by atoms with van der Waals surface area (Å²) < 4.78 is 42.3. The first-order valence-corrected chi connectivity index (χ1v) is 11.6. The second kappa shape index (κ2) is 8.72. The number of nitrogens with one attached hydrogen (secondary N) is 1. The van der Waals surface area contributed by atoms with Gasteiger partial charge in [0.2, 0.25) is 5.91 Å². The molecule has 1 heterocycles. The number of rotatable bonds is 5. The minimum absolute atomic E-state index is 0.0112. The molecule has 0 fully saturated rings. The average molecular weight is 472 g/mol. The Balaban J connectivity index is 1.69. The molecule has 0 bridgehead atoms. The van der Waals surface area contributed by atoms with Gasteiger partial charge in [-0.1, -0.05) is 54.1 Å². The standard InChI is InChI=1S/C23H19ClFN3O3S/c1-15(29)28-23(16-11-12-19(24)20(25)13-16)14-22(26-28)18-9-5-6-10-21(18)27-32(30,31)17-7-3-2-4-8-17/h2-13,23,27H,14H2,1H3/t23-/m1/s1. The van der Waals surface area contributed by atoms with Crippen LogP contribution in [-0.4, -0.2) is 25.0 Å². The highest BCUT2D eigenvalue weighted by Gasteiger charge is 2.33. The molecule has 3 aromatic rings. The fraction of sp³-hybridized carbons (Fsp3) is 0.130. The lowest BCUT2D eigenvalue weighted by Gasteiger charge is -2.20. The maximum atomic E-state index is 14.0. The van der Waals surface area contributed by atoms with Crippen LogP contribution in [-0.2, 0) is 14.8 Å². The van der Waals surface area contributed by atoms with Crippen LogP contribution in [0.5, 0.6) is 0 Å². The van der Waals surface area contributed by atoms with Crippen molar-refractivity contribution in [3.63, 3.8) is 0 Å². The third-order valence-corrected chi connectivity index (χ3v) is 6.79. The molecule has 164 valence electrons. The van der Waals surface area contributed by atoms with E-state index in [1.807, 2.05) is 0 Å². The summed E-state index contributed by atoms with van der Waals surface area (Å²) in [6.07, 6.45) is 0.282. The first kappa shape index (κ1) is 22.0. The number of hydrogen-bond acceptors (Lipinski definition) is 4. The topological polar surface area (TPSA) is 78.8 Å². The van der Waals surface area contributed by atoms with E-state index in [2.05, 4.69) is 9.82 Å². The molecule has 0 saturated heterocycles. The molecule has 6 nitrogen and oxygen atoms in total. The average Bonchev–Trinajstić information content (AvgIpc) is 3.22. The van der Waals surface area contributed by atoms with Gasteiger partial charge in [0.05, 0.1) is 27.4 Å². The number of hydrazone groups is 1. The predicted octanol–water partition coefficient (Wildman–Crippen LogP) is 4.98. The van der Waals surface area contributed by atoms with Gasteiger partial charge in [-0.05, 0) is 35.9 Å². The largest absolute Gasteiger partial charge is 0.279 e. The zero-order valence-corrected chi connectivity index (χ0v) is 18.6. The fourth-order valence-electron chi connectivity index (χ4n) is 3.57. The predicted molar refractivity (Wildman–Crippen MR) is 122 cm³/mol. The zero-order valence-electron chi connectivity index (χ0n) is 17.0. The monoisotopic (exact) mass is 471 g/mol. The number of halogens is 2. The van der Waals surface area contributed by atoms with Crippen molar-refractivity contribution in [2.24, 2.45) is 5.10 Å². The first-order chi connectivity index (χ1) is 15.3. The van der Waals surface area contributed by atoms with Gasteiger partial charge in [-0.15, -0.1) is 0 Å². The van der Waals surface area contributed by atoms with Crippen molar-refractivity contribution in [3.8, 4) is 0 Å². The lowest BCUT2D eigenvalue weighted by Crippen LogP contribution is -2.24. The molecule has 3 aromatic carbocycles. The van der Waals surface area contributed by atoms with E-state index < -0.39 is 21.9 Å². The van der Waals surface area contributed by atoms with Gasteiger partial charge >= 0.3 is 0 Å². The Labute approximate surface area is 190 Å². The third kappa shape index (κ3) is 4.37. The van der Waals surface area contributed by atoms with Crippen LogP contribution in [0.2, 0.25) is 5.02 Å². The van der Waals surface area contributed by atoms with Gasteiger partial charge in [-0.2, -0.15) is 5.10 Å². The minimum atomic E-state index is -3.82. The maximum absolute atomic E-state index is 14.0. The van der Waals surface area contributed by atoms with Crippen LogP contribution in [0, 0.1) is 5.82 Å². The fourth-order valence-corrected chi connectivity index (χ4v) is 4.79. The molecule has 0 unspecified atom stereocenters. The van der Waals surface area contributed by atoms with Crippen molar-refractivity contribution in [1.29, 1.82) is 0 Å². The van der Waals surface area contributed by atoms with Crippen LogP contribution in [0.3, 0.4) is 0 Å². The van der Waals surface area contributed by atoms with Gasteiger partial charge in [0.25, 0.3) is 10.0 Å². The molecule has 0 spiro atoms. The van der Waals surface area contributed by atoms with Gasteiger partial charge in [0, 0.05) is 18.9 Å². The van der Waals surface area contributed by atoms with Crippen LogP contribution in [0.4, 0.5) is 10.1 Å². The number of sulfonamides is 1. The van der Waals surface area contributed by atoms with Crippen LogP contribution in [0.15, 0.2) is 82.8 Å². The van der Waals surface area contributed by atoms with Gasteiger partial charge in [-0.3, -0.25) is 9.52 Å². The zero-order chi connectivity index (χ0) is 22.9. The van der Waals surface area contributed by atoms with Crippen LogP contribution in [0.25, 0.3) is 0 Å². The molecule has 0 radical (unpaired) electrons. The van der Waals surface area contributed by atoms with Crippen molar-refractivity contribution in [3.05, 3.63) is 94.8 Å². The van der Waals surface area contributed by atoms with E-state index in [1.165, 1.54) is 36.2 Å². The Morgan fingerprint density at radius 3 is 2.47 bits per heavy atom. The summed E-state index contributed by atoms with van der Waals surface area (Å²) in [5.74, 6) is -0.903. The minimum Gasteiger partial charge on any atom is -0.279 e. The van der Waals surface area contributed by atoms with Crippen molar-refractivity contribution >= 4 is 38.9 Å². The molecule has 1 amide bonds. The molecule has 9 heteroatoms. The molecule has 32 heavy (non-hydrogen) atoms. The number of anilines is 1. The van der Waals surface area contributed by atoms with E-state index in [0.29, 0.717) is 22.5 Å². The van der Waals surface area contributed by atoms with Gasteiger partial charge in [0.1, 0.15) is 5.82 Å². The molecule has 1 aliphatic heterocycles. The number of benzene rings is 3. The van der Waals surface area contributed by atoms with Crippen LogP contribution >= 0.6 is 11.6 Å². The van der Waals surface area contributed by atoms with Crippen molar-refractivity contribution in [2.45, 2.75) is 24.3 Å².